The monoisotopic (exact) mass is 308 g/mol. The van der Waals surface area contributed by atoms with Gasteiger partial charge in [-0.05, 0) is 47.3 Å². The maximum Gasteiger partial charge on any atom is 0.251 e. The highest BCUT2D eigenvalue weighted by Gasteiger charge is 2.32. The first-order valence-electron chi connectivity index (χ1n) is 7.30. The highest BCUT2D eigenvalue weighted by molar-refractivity contribution is 5.94. The molecule has 0 radical (unpaired) electrons. The number of amides is 1. The quantitative estimate of drug-likeness (QED) is 0.533. The third kappa shape index (κ3) is 2.98. The molecule has 0 fully saturated rings. The number of methoxy groups -OCH3 is 1. The number of azide groups is 1. The van der Waals surface area contributed by atoms with Crippen LogP contribution in [-0.2, 0) is 6.42 Å². The maximum atomic E-state index is 12.5. The minimum absolute atomic E-state index is 0.201. The molecule has 0 aromatic heterocycles. The largest absolute Gasteiger partial charge is 0.497 e. The molecule has 1 aliphatic rings. The van der Waals surface area contributed by atoms with Gasteiger partial charge in [0, 0.05) is 10.5 Å². The number of rotatable bonds is 4. The van der Waals surface area contributed by atoms with E-state index in [0.717, 1.165) is 11.1 Å². The second-order valence-electron chi connectivity index (χ2n) is 5.35. The van der Waals surface area contributed by atoms with Crippen LogP contribution in [0.5, 0.6) is 5.75 Å². The van der Waals surface area contributed by atoms with E-state index in [4.69, 9.17) is 10.3 Å². The molecule has 1 N–H and O–H groups in total. The van der Waals surface area contributed by atoms with Crippen LogP contribution in [0.25, 0.3) is 10.4 Å². The smallest absolute Gasteiger partial charge is 0.251 e. The van der Waals surface area contributed by atoms with Gasteiger partial charge in [-0.15, -0.1) is 0 Å². The van der Waals surface area contributed by atoms with Crippen LogP contribution in [-0.4, -0.2) is 19.1 Å². The van der Waals surface area contributed by atoms with E-state index < -0.39 is 0 Å². The van der Waals surface area contributed by atoms with Crippen molar-refractivity contribution in [3.8, 4) is 5.75 Å². The highest BCUT2D eigenvalue weighted by atomic mass is 16.5. The van der Waals surface area contributed by atoms with Crippen LogP contribution in [0, 0.1) is 0 Å². The summed E-state index contributed by atoms with van der Waals surface area (Å²) < 4.78 is 5.09. The number of hydrogen-bond donors (Lipinski definition) is 1. The normalized spacial score (nSPS) is 18.7. The summed E-state index contributed by atoms with van der Waals surface area (Å²) in [5, 5.41) is 6.82. The van der Waals surface area contributed by atoms with Crippen LogP contribution < -0.4 is 10.1 Å². The van der Waals surface area contributed by atoms with Crippen LogP contribution in [0.1, 0.15) is 27.5 Å². The lowest BCUT2D eigenvalue weighted by molar-refractivity contribution is 0.0933. The van der Waals surface area contributed by atoms with E-state index in [1.165, 1.54) is 0 Å². The van der Waals surface area contributed by atoms with Crippen LogP contribution >= 0.6 is 0 Å². The Morgan fingerprint density at radius 3 is 2.70 bits per heavy atom. The molecule has 0 unspecified atom stereocenters. The Morgan fingerprint density at radius 1 is 1.26 bits per heavy atom. The Kier molecular flexibility index (Phi) is 4.17. The SMILES string of the molecule is COc1ccc(C(=O)N[C@@H]2c3ccccc3C[C@H]2N=[N+]=[N-])cc1. The number of nitrogens with zero attached hydrogens (tertiary/aromatic N) is 3. The number of carbonyl (C=O) groups excluding carboxylic acids is 1. The molecule has 0 spiro atoms. The van der Waals surface area contributed by atoms with Crippen molar-refractivity contribution in [3.05, 3.63) is 75.7 Å². The van der Waals surface area contributed by atoms with Crippen LogP contribution in [0.3, 0.4) is 0 Å². The molecule has 2 aromatic rings. The summed E-state index contributed by atoms with van der Waals surface area (Å²) in [7, 11) is 1.58. The number of fused-ring (bicyclic) bond motifs is 1. The van der Waals surface area contributed by atoms with Gasteiger partial charge in [-0.2, -0.15) is 0 Å². The van der Waals surface area contributed by atoms with Gasteiger partial charge in [-0.3, -0.25) is 4.79 Å². The van der Waals surface area contributed by atoms with E-state index in [1.54, 1.807) is 31.4 Å². The number of ether oxygens (including phenoxy) is 1. The number of nitrogens with one attached hydrogen (secondary N) is 1. The molecule has 23 heavy (non-hydrogen) atoms. The number of benzene rings is 2. The number of hydrogen-bond acceptors (Lipinski definition) is 3. The van der Waals surface area contributed by atoms with Crippen LogP contribution in [0.2, 0.25) is 0 Å². The minimum atomic E-state index is -0.309. The molecule has 6 nitrogen and oxygen atoms in total. The van der Waals surface area contributed by atoms with E-state index in [0.29, 0.717) is 17.7 Å². The predicted molar refractivity (Wildman–Crippen MR) is 86.3 cm³/mol. The highest BCUT2D eigenvalue weighted by Crippen LogP contribution is 2.33. The minimum Gasteiger partial charge on any atom is -0.497 e. The molecule has 3 rings (SSSR count). The summed E-state index contributed by atoms with van der Waals surface area (Å²) in [6, 6.07) is 14.1. The molecule has 0 saturated carbocycles. The summed E-state index contributed by atoms with van der Waals surface area (Å²) in [4.78, 5) is 15.4. The van der Waals surface area contributed by atoms with Crippen molar-refractivity contribution in [1.82, 2.24) is 5.32 Å². The lowest BCUT2D eigenvalue weighted by Crippen LogP contribution is -2.33. The van der Waals surface area contributed by atoms with Gasteiger partial charge in [-0.1, -0.05) is 29.4 Å². The first-order valence-corrected chi connectivity index (χ1v) is 7.30. The van der Waals surface area contributed by atoms with Crippen LogP contribution in [0.15, 0.2) is 53.6 Å². The van der Waals surface area contributed by atoms with E-state index in [2.05, 4.69) is 15.3 Å². The molecule has 116 valence electrons. The van der Waals surface area contributed by atoms with Crippen molar-refractivity contribution in [3.63, 3.8) is 0 Å². The zero-order valence-corrected chi connectivity index (χ0v) is 12.6. The van der Waals surface area contributed by atoms with Gasteiger partial charge >= 0.3 is 0 Å². The van der Waals surface area contributed by atoms with E-state index >= 15 is 0 Å². The van der Waals surface area contributed by atoms with Gasteiger partial charge < -0.3 is 10.1 Å². The molecule has 1 amide bonds. The average Bonchev–Trinajstić information content (AvgIpc) is 2.93. The molecule has 1 aliphatic carbocycles. The fourth-order valence-electron chi connectivity index (χ4n) is 2.89. The van der Waals surface area contributed by atoms with Gasteiger partial charge in [0.2, 0.25) is 0 Å². The molecular weight excluding hydrogens is 292 g/mol. The standard InChI is InChI=1S/C17H16N4O2/c1-23-13-8-6-11(7-9-13)17(22)19-16-14-5-3-2-4-12(14)10-15(16)20-21-18/h2-9,15-16H,10H2,1H3,(H,19,22)/t15-,16-/m1/s1. The van der Waals surface area contributed by atoms with E-state index in [9.17, 15) is 4.79 Å². The average molecular weight is 308 g/mol. The van der Waals surface area contributed by atoms with Gasteiger partial charge in [-0.25, -0.2) is 0 Å². The van der Waals surface area contributed by atoms with E-state index in [-0.39, 0.29) is 18.0 Å². The van der Waals surface area contributed by atoms with Crippen molar-refractivity contribution < 1.29 is 9.53 Å². The molecule has 0 bridgehead atoms. The van der Waals surface area contributed by atoms with Gasteiger partial charge in [0.05, 0.1) is 19.2 Å². The molecular formula is C17H16N4O2. The summed E-state index contributed by atoms with van der Waals surface area (Å²) in [5.41, 5.74) is 11.4. The Bertz CT molecular complexity index is 766. The zero-order valence-electron chi connectivity index (χ0n) is 12.6. The van der Waals surface area contributed by atoms with Gasteiger partial charge in [0.15, 0.2) is 0 Å². The Hall–Kier alpha value is -2.98. The van der Waals surface area contributed by atoms with Gasteiger partial charge in [0.1, 0.15) is 5.75 Å². The fraction of sp³-hybridized carbons (Fsp3) is 0.235. The third-order valence-corrected chi connectivity index (χ3v) is 4.04. The van der Waals surface area contributed by atoms with E-state index in [1.807, 2.05) is 24.3 Å². The Balaban J connectivity index is 1.84. The first kappa shape index (κ1) is 14.9. The lowest BCUT2D eigenvalue weighted by atomic mass is 10.1. The lowest BCUT2D eigenvalue weighted by Gasteiger charge is -2.18. The summed E-state index contributed by atoms with van der Waals surface area (Å²) in [5.74, 6) is 0.493. The van der Waals surface area contributed by atoms with Crippen LogP contribution in [0.4, 0.5) is 0 Å². The molecule has 0 aliphatic heterocycles. The molecule has 0 saturated heterocycles. The molecule has 0 heterocycles. The zero-order chi connectivity index (χ0) is 16.2. The topological polar surface area (TPSA) is 87.1 Å². The molecule has 6 heteroatoms. The predicted octanol–water partition coefficient (Wildman–Crippen LogP) is 3.40. The fourth-order valence-corrected chi connectivity index (χ4v) is 2.89. The number of carbonyl (C=O) groups is 1. The molecule has 2 aromatic carbocycles. The van der Waals surface area contributed by atoms with Crippen molar-refractivity contribution in [2.45, 2.75) is 18.5 Å². The van der Waals surface area contributed by atoms with Crippen molar-refractivity contribution >= 4 is 5.91 Å². The third-order valence-electron chi connectivity index (χ3n) is 4.04. The maximum absolute atomic E-state index is 12.5. The van der Waals surface area contributed by atoms with Crippen molar-refractivity contribution in [1.29, 1.82) is 0 Å². The summed E-state index contributed by atoms with van der Waals surface area (Å²) in [6.07, 6.45) is 0.633. The summed E-state index contributed by atoms with van der Waals surface area (Å²) in [6.45, 7) is 0. The van der Waals surface area contributed by atoms with Crippen molar-refractivity contribution in [2.75, 3.05) is 7.11 Å². The molecule has 2 atom stereocenters. The Morgan fingerprint density at radius 2 is 2.00 bits per heavy atom. The first-order chi connectivity index (χ1) is 11.2. The second kappa shape index (κ2) is 6.42. The second-order valence-corrected chi connectivity index (χ2v) is 5.35. The van der Waals surface area contributed by atoms with Gasteiger partial charge in [0.25, 0.3) is 5.91 Å². The summed E-state index contributed by atoms with van der Waals surface area (Å²) >= 11 is 0. The van der Waals surface area contributed by atoms with Crippen molar-refractivity contribution in [2.24, 2.45) is 5.11 Å². The Labute approximate surface area is 133 Å².